The molecule has 8 nitrogen and oxygen atoms in total. The Morgan fingerprint density at radius 2 is 1.68 bits per heavy atom. The van der Waals surface area contributed by atoms with E-state index in [1.165, 1.54) is 5.56 Å². The number of aliphatic hydroxyl groups is 1. The van der Waals surface area contributed by atoms with Crippen molar-refractivity contribution in [3.8, 4) is 5.75 Å². The van der Waals surface area contributed by atoms with E-state index in [1.807, 2.05) is 30.3 Å². The number of carbonyl (C=O) groups excluding carboxylic acids is 2. The third-order valence-corrected chi connectivity index (χ3v) is 7.49. The predicted molar refractivity (Wildman–Crippen MR) is 146 cm³/mol. The predicted octanol–water partition coefficient (Wildman–Crippen LogP) is 2.64. The van der Waals surface area contributed by atoms with Crippen LogP contribution >= 0.6 is 0 Å². The van der Waals surface area contributed by atoms with E-state index in [4.69, 9.17) is 9.47 Å². The zero-order valence-corrected chi connectivity index (χ0v) is 22.2. The SMILES string of the molecule is O=C(NCc1ccc(OCCN2CCOCC2)cc1)[C@H](O)CC(=O)N1CCC(CCc2ccccc2)CC1. The fourth-order valence-electron chi connectivity index (χ4n) is 5.00. The second kappa shape index (κ2) is 14.9. The minimum atomic E-state index is -1.35. The van der Waals surface area contributed by atoms with Crippen molar-refractivity contribution in [1.29, 1.82) is 0 Å². The van der Waals surface area contributed by atoms with Gasteiger partial charge in [-0.25, -0.2) is 0 Å². The lowest BCUT2D eigenvalue weighted by Gasteiger charge is -2.32. The number of piperidine rings is 1. The molecule has 0 radical (unpaired) electrons. The molecule has 2 fully saturated rings. The molecule has 38 heavy (non-hydrogen) atoms. The summed E-state index contributed by atoms with van der Waals surface area (Å²) in [6.45, 7) is 6.56. The van der Waals surface area contributed by atoms with E-state index in [9.17, 15) is 14.7 Å². The van der Waals surface area contributed by atoms with Crippen LogP contribution in [0.15, 0.2) is 54.6 Å². The molecule has 0 aromatic heterocycles. The van der Waals surface area contributed by atoms with Gasteiger partial charge in [-0.05, 0) is 54.9 Å². The van der Waals surface area contributed by atoms with Crippen LogP contribution in [0, 0.1) is 5.92 Å². The Bertz CT molecular complexity index is 987. The van der Waals surface area contributed by atoms with Gasteiger partial charge < -0.3 is 24.8 Å². The smallest absolute Gasteiger partial charge is 0.249 e. The Morgan fingerprint density at radius 1 is 0.974 bits per heavy atom. The molecule has 2 aromatic carbocycles. The van der Waals surface area contributed by atoms with Gasteiger partial charge in [0.15, 0.2) is 0 Å². The maximum atomic E-state index is 12.7. The van der Waals surface area contributed by atoms with Crippen molar-refractivity contribution < 1.29 is 24.2 Å². The summed E-state index contributed by atoms with van der Waals surface area (Å²) in [5, 5.41) is 13.0. The van der Waals surface area contributed by atoms with Crippen molar-refractivity contribution in [3.05, 3.63) is 65.7 Å². The molecule has 2 N–H and O–H groups in total. The summed E-state index contributed by atoms with van der Waals surface area (Å²) in [5.41, 5.74) is 2.25. The number of carbonyl (C=O) groups is 2. The average Bonchev–Trinajstić information content (AvgIpc) is 2.97. The first-order valence-corrected chi connectivity index (χ1v) is 13.9. The summed E-state index contributed by atoms with van der Waals surface area (Å²) in [6, 6.07) is 18.0. The quantitative estimate of drug-likeness (QED) is 0.445. The van der Waals surface area contributed by atoms with Crippen LogP contribution < -0.4 is 10.1 Å². The topological polar surface area (TPSA) is 91.3 Å². The maximum absolute atomic E-state index is 12.7. The van der Waals surface area contributed by atoms with E-state index >= 15 is 0 Å². The molecular weight excluding hydrogens is 482 g/mol. The van der Waals surface area contributed by atoms with Crippen molar-refractivity contribution in [2.45, 2.75) is 44.8 Å². The van der Waals surface area contributed by atoms with Gasteiger partial charge in [0.25, 0.3) is 0 Å². The highest BCUT2D eigenvalue weighted by molar-refractivity contribution is 5.87. The summed E-state index contributed by atoms with van der Waals surface area (Å²) >= 11 is 0. The van der Waals surface area contributed by atoms with Crippen LogP contribution in [0.2, 0.25) is 0 Å². The molecule has 2 aliphatic rings. The summed E-state index contributed by atoms with van der Waals surface area (Å²) in [6.07, 6.45) is 2.58. The second-order valence-corrected chi connectivity index (χ2v) is 10.2. The first kappa shape index (κ1) is 28.1. The molecule has 0 unspecified atom stereocenters. The van der Waals surface area contributed by atoms with E-state index in [0.29, 0.717) is 25.6 Å². The Kier molecular flexibility index (Phi) is 11.0. The van der Waals surface area contributed by atoms with Crippen LogP contribution in [0.3, 0.4) is 0 Å². The second-order valence-electron chi connectivity index (χ2n) is 10.2. The van der Waals surface area contributed by atoms with E-state index in [2.05, 4.69) is 34.5 Å². The number of likely N-dealkylation sites (tertiary alicyclic amines) is 1. The number of nitrogens with one attached hydrogen (secondary N) is 1. The van der Waals surface area contributed by atoms with Crippen molar-refractivity contribution in [1.82, 2.24) is 15.1 Å². The number of nitrogens with zero attached hydrogens (tertiary/aromatic N) is 2. The lowest BCUT2D eigenvalue weighted by molar-refractivity contribution is -0.140. The van der Waals surface area contributed by atoms with Crippen LogP contribution in [0.5, 0.6) is 5.75 Å². The highest BCUT2D eigenvalue weighted by Gasteiger charge is 2.26. The van der Waals surface area contributed by atoms with Crippen molar-refractivity contribution in [2.24, 2.45) is 5.92 Å². The Hall–Kier alpha value is -2.94. The van der Waals surface area contributed by atoms with Gasteiger partial charge in [0, 0.05) is 39.3 Å². The van der Waals surface area contributed by atoms with E-state index in [1.54, 1.807) is 4.90 Å². The molecule has 2 aliphatic heterocycles. The highest BCUT2D eigenvalue weighted by Crippen LogP contribution is 2.23. The zero-order valence-electron chi connectivity index (χ0n) is 22.2. The number of rotatable bonds is 12. The van der Waals surface area contributed by atoms with Crippen molar-refractivity contribution in [2.75, 3.05) is 52.5 Å². The van der Waals surface area contributed by atoms with Crippen LogP contribution in [0.4, 0.5) is 0 Å². The monoisotopic (exact) mass is 523 g/mol. The van der Waals surface area contributed by atoms with Crippen LogP contribution in [0.1, 0.15) is 36.8 Å². The summed E-state index contributed by atoms with van der Waals surface area (Å²) in [5.74, 6) is 0.700. The van der Waals surface area contributed by atoms with Gasteiger partial charge in [0.05, 0.1) is 19.6 Å². The lowest BCUT2D eigenvalue weighted by Crippen LogP contribution is -2.43. The van der Waals surface area contributed by atoms with E-state index < -0.39 is 12.0 Å². The number of aliphatic hydroxyl groups excluding tert-OH is 1. The molecule has 0 spiro atoms. The largest absolute Gasteiger partial charge is 0.492 e. The van der Waals surface area contributed by atoms with Gasteiger partial charge in [-0.1, -0.05) is 42.5 Å². The molecule has 2 saturated heterocycles. The molecule has 0 bridgehead atoms. The Morgan fingerprint density at radius 3 is 2.39 bits per heavy atom. The zero-order chi connectivity index (χ0) is 26.6. The van der Waals surface area contributed by atoms with Crippen LogP contribution in [-0.4, -0.2) is 85.4 Å². The number of hydrogen-bond acceptors (Lipinski definition) is 6. The molecule has 0 aliphatic carbocycles. The standard InChI is InChI=1S/C30H41N3O5/c34-28(22-29(35)33-14-12-25(13-15-33)7-6-24-4-2-1-3-5-24)30(36)31-23-26-8-10-27(11-9-26)38-21-18-32-16-19-37-20-17-32/h1-5,8-11,25,28,34H,6-7,12-23H2,(H,31,36)/t28-/m1/s1. The fourth-order valence-corrected chi connectivity index (χ4v) is 5.00. The normalized spacial score (nSPS) is 17.7. The molecule has 2 amide bonds. The minimum Gasteiger partial charge on any atom is -0.492 e. The van der Waals surface area contributed by atoms with Gasteiger partial charge >= 0.3 is 0 Å². The van der Waals surface area contributed by atoms with Crippen LogP contribution in [-0.2, 0) is 27.3 Å². The number of morpholine rings is 1. The van der Waals surface area contributed by atoms with Gasteiger partial charge in [-0.3, -0.25) is 14.5 Å². The average molecular weight is 524 g/mol. The maximum Gasteiger partial charge on any atom is 0.249 e. The molecule has 4 rings (SSSR count). The number of benzene rings is 2. The van der Waals surface area contributed by atoms with Gasteiger partial charge in [0.1, 0.15) is 18.5 Å². The van der Waals surface area contributed by atoms with Gasteiger partial charge in [-0.15, -0.1) is 0 Å². The molecule has 1 atom stereocenters. The Balaban J connectivity index is 1.10. The van der Waals surface area contributed by atoms with Crippen molar-refractivity contribution >= 4 is 11.8 Å². The first-order chi connectivity index (χ1) is 18.6. The third-order valence-electron chi connectivity index (χ3n) is 7.49. The lowest BCUT2D eigenvalue weighted by atomic mass is 9.90. The molecule has 206 valence electrons. The number of ether oxygens (including phenoxy) is 2. The number of amides is 2. The van der Waals surface area contributed by atoms with E-state index in [-0.39, 0.29) is 18.9 Å². The Labute approximate surface area is 225 Å². The van der Waals surface area contributed by atoms with Crippen molar-refractivity contribution in [3.63, 3.8) is 0 Å². The molecule has 2 heterocycles. The number of aryl methyl sites for hydroxylation is 1. The van der Waals surface area contributed by atoms with Gasteiger partial charge in [0.2, 0.25) is 11.8 Å². The first-order valence-electron chi connectivity index (χ1n) is 13.9. The minimum absolute atomic E-state index is 0.159. The third kappa shape index (κ3) is 9.11. The van der Waals surface area contributed by atoms with Gasteiger partial charge in [-0.2, -0.15) is 0 Å². The highest BCUT2D eigenvalue weighted by atomic mass is 16.5. The summed E-state index contributed by atoms with van der Waals surface area (Å²) in [4.78, 5) is 29.2. The fraction of sp³-hybridized carbons (Fsp3) is 0.533. The van der Waals surface area contributed by atoms with E-state index in [0.717, 1.165) is 69.8 Å². The van der Waals surface area contributed by atoms with Crippen LogP contribution in [0.25, 0.3) is 0 Å². The summed E-state index contributed by atoms with van der Waals surface area (Å²) < 4.78 is 11.2. The molecule has 2 aromatic rings. The molecule has 0 saturated carbocycles. The molecular formula is C30H41N3O5. The number of hydrogen-bond donors (Lipinski definition) is 2. The molecule has 8 heteroatoms. The summed E-state index contributed by atoms with van der Waals surface area (Å²) in [7, 11) is 0.